The standard InChI is InChI=1S/C22H20ClF3N6O2/c1-11-8-13(12(2)28-14-4-5-17(23)30-19(14)21(33)34)18-15(9-11)29-16(10-27)20(31-18)32(3)7-6-22(24,25)26/h4-5,8-9,12,28H,6-7H2,1-3H3,(H,33,34)/t12-/m1/s1. The largest absolute Gasteiger partial charge is 0.476 e. The Kier molecular flexibility index (Phi) is 7.12. The third kappa shape index (κ3) is 5.63. The first-order chi connectivity index (χ1) is 15.9. The van der Waals surface area contributed by atoms with Crippen molar-refractivity contribution in [1.29, 1.82) is 5.26 Å². The van der Waals surface area contributed by atoms with E-state index in [1.54, 1.807) is 13.0 Å². The van der Waals surface area contributed by atoms with Gasteiger partial charge in [-0.2, -0.15) is 18.4 Å². The number of carbonyl (C=O) groups is 1. The minimum Gasteiger partial charge on any atom is -0.476 e. The zero-order valence-electron chi connectivity index (χ0n) is 18.4. The number of nitrogens with one attached hydrogen (secondary N) is 1. The molecule has 12 heteroatoms. The van der Waals surface area contributed by atoms with Crippen molar-refractivity contribution >= 4 is 40.1 Å². The molecule has 0 fully saturated rings. The van der Waals surface area contributed by atoms with Crippen molar-refractivity contribution in [3.63, 3.8) is 0 Å². The number of anilines is 2. The Balaban J connectivity index is 2.07. The average molecular weight is 493 g/mol. The van der Waals surface area contributed by atoms with Crippen LogP contribution >= 0.6 is 11.6 Å². The van der Waals surface area contributed by atoms with E-state index in [9.17, 15) is 28.3 Å². The van der Waals surface area contributed by atoms with Crippen LogP contribution in [0, 0.1) is 18.3 Å². The molecule has 8 nitrogen and oxygen atoms in total. The summed E-state index contributed by atoms with van der Waals surface area (Å²) in [4.78, 5) is 25.5. The van der Waals surface area contributed by atoms with Crippen molar-refractivity contribution in [2.45, 2.75) is 32.5 Å². The molecule has 3 aromatic rings. The highest BCUT2D eigenvalue weighted by Gasteiger charge is 2.28. The van der Waals surface area contributed by atoms with Crippen molar-refractivity contribution in [2.75, 3.05) is 23.8 Å². The van der Waals surface area contributed by atoms with Gasteiger partial charge in [0.15, 0.2) is 17.2 Å². The predicted octanol–water partition coefficient (Wildman–Crippen LogP) is 5.12. The van der Waals surface area contributed by atoms with E-state index in [1.807, 2.05) is 19.1 Å². The fourth-order valence-electron chi connectivity index (χ4n) is 3.42. The zero-order chi connectivity index (χ0) is 25.2. The van der Waals surface area contributed by atoms with E-state index in [4.69, 9.17) is 11.6 Å². The SMILES string of the molecule is Cc1cc([C@@H](C)Nc2ccc(Cl)nc2C(=O)O)c2nc(N(C)CCC(F)(F)F)c(C#N)nc2c1. The second-order valence-corrected chi connectivity index (χ2v) is 8.10. The summed E-state index contributed by atoms with van der Waals surface area (Å²) in [6.45, 7) is 3.19. The normalized spacial score (nSPS) is 12.3. The maximum Gasteiger partial charge on any atom is 0.390 e. The topological polar surface area (TPSA) is 115 Å². The van der Waals surface area contributed by atoms with Crippen LogP contribution in [-0.2, 0) is 0 Å². The molecule has 1 aromatic carbocycles. The van der Waals surface area contributed by atoms with Crippen molar-refractivity contribution < 1.29 is 23.1 Å². The van der Waals surface area contributed by atoms with Crippen molar-refractivity contribution in [3.8, 4) is 6.07 Å². The number of fused-ring (bicyclic) bond motifs is 1. The number of carboxylic acid groups (broad SMARTS) is 1. The van der Waals surface area contributed by atoms with E-state index in [1.165, 1.54) is 24.1 Å². The number of nitriles is 1. The fourth-order valence-corrected chi connectivity index (χ4v) is 3.57. The van der Waals surface area contributed by atoms with Crippen LogP contribution in [0.4, 0.5) is 24.7 Å². The Bertz CT molecular complexity index is 1290. The van der Waals surface area contributed by atoms with Gasteiger partial charge in [0.05, 0.1) is 29.2 Å². The molecular weight excluding hydrogens is 473 g/mol. The number of carboxylic acids is 1. The average Bonchev–Trinajstić information content (AvgIpc) is 2.76. The number of halogens is 4. The number of hydrogen-bond acceptors (Lipinski definition) is 7. The van der Waals surface area contributed by atoms with Gasteiger partial charge in [0.2, 0.25) is 0 Å². The van der Waals surface area contributed by atoms with Gasteiger partial charge in [-0.3, -0.25) is 0 Å². The van der Waals surface area contributed by atoms with Crippen LogP contribution in [0.1, 0.15) is 46.7 Å². The minimum atomic E-state index is -4.36. The fraction of sp³-hybridized carbons (Fsp3) is 0.318. The van der Waals surface area contributed by atoms with Gasteiger partial charge in [-0.25, -0.2) is 19.7 Å². The summed E-state index contributed by atoms with van der Waals surface area (Å²) in [7, 11) is 1.41. The molecule has 2 heterocycles. The highest BCUT2D eigenvalue weighted by Crippen LogP contribution is 2.31. The summed E-state index contributed by atoms with van der Waals surface area (Å²) in [5, 5.41) is 22.1. The van der Waals surface area contributed by atoms with Crippen LogP contribution in [-0.4, -0.2) is 45.8 Å². The Morgan fingerprint density at radius 3 is 2.62 bits per heavy atom. The lowest BCUT2D eigenvalue weighted by atomic mass is 10.0. The first kappa shape index (κ1) is 25.0. The lowest BCUT2D eigenvalue weighted by molar-refractivity contribution is -0.132. The summed E-state index contributed by atoms with van der Waals surface area (Å²) in [6, 6.07) is 7.86. The molecule has 1 atom stereocenters. The van der Waals surface area contributed by atoms with E-state index < -0.39 is 31.2 Å². The molecule has 178 valence electrons. The molecule has 2 aromatic heterocycles. The molecule has 3 rings (SSSR count). The Labute approximate surface area is 198 Å². The second-order valence-electron chi connectivity index (χ2n) is 7.72. The molecule has 0 saturated heterocycles. The summed E-state index contributed by atoms with van der Waals surface area (Å²) >= 11 is 5.82. The number of alkyl halides is 3. The Morgan fingerprint density at radius 1 is 1.29 bits per heavy atom. The quantitative estimate of drug-likeness (QED) is 0.437. The predicted molar refractivity (Wildman–Crippen MR) is 121 cm³/mol. The minimum absolute atomic E-state index is 0.0240. The number of aryl methyl sites for hydroxylation is 1. The van der Waals surface area contributed by atoms with Crippen LogP contribution < -0.4 is 10.2 Å². The van der Waals surface area contributed by atoms with Gasteiger partial charge in [0.25, 0.3) is 0 Å². The number of aromatic carboxylic acids is 1. The molecule has 0 spiro atoms. The summed E-state index contributed by atoms with van der Waals surface area (Å²) in [5.74, 6) is -1.24. The van der Waals surface area contributed by atoms with Gasteiger partial charge in [0.1, 0.15) is 11.2 Å². The van der Waals surface area contributed by atoms with Gasteiger partial charge < -0.3 is 15.3 Å². The zero-order valence-corrected chi connectivity index (χ0v) is 19.2. The van der Waals surface area contributed by atoms with Gasteiger partial charge >= 0.3 is 12.1 Å². The Morgan fingerprint density at radius 2 is 2.00 bits per heavy atom. The highest BCUT2D eigenvalue weighted by molar-refractivity contribution is 6.29. The smallest absolute Gasteiger partial charge is 0.390 e. The molecule has 0 aliphatic heterocycles. The van der Waals surface area contributed by atoms with Crippen LogP contribution in [0.3, 0.4) is 0 Å². The summed E-state index contributed by atoms with van der Waals surface area (Å²) in [5.41, 5.74) is 2.05. The number of rotatable bonds is 7. The van der Waals surface area contributed by atoms with E-state index in [2.05, 4.69) is 20.3 Å². The summed E-state index contributed by atoms with van der Waals surface area (Å²) in [6.07, 6.45) is -5.44. The molecule has 0 radical (unpaired) electrons. The van der Waals surface area contributed by atoms with Gasteiger partial charge in [-0.05, 0) is 37.6 Å². The lowest BCUT2D eigenvalue weighted by Gasteiger charge is -2.22. The molecule has 0 aliphatic rings. The first-order valence-corrected chi connectivity index (χ1v) is 10.4. The van der Waals surface area contributed by atoms with Crippen molar-refractivity contribution in [2.24, 2.45) is 0 Å². The van der Waals surface area contributed by atoms with E-state index in [0.29, 0.717) is 16.6 Å². The van der Waals surface area contributed by atoms with E-state index in [-0.39, 0.29) is 28.0 Å². The lowest BCUT2D eigenvalue weighted by Crippen LogP contribution is -2.26. The van der Waals surface area contributed by atoms with Gasteiger partial charge in [0, 0.05) is 19.2 Å². The molecule has 34 heavy (non-hydrogen) atoms. The van der Waals surface area contributed by atoms with Gasteiger partial charge in [-0.1, -0.05) is 17.7 Å². The molecule has 0 amide bonds. The molecule has 2 N–H and O–H groups in total. The number of hydrogen-bond donors (Lipinski definition) is 2. The van der Waals surface area contributed by atoms with Crippen LogP contribution in [0.2, 0.25) is 5.15 Å². The molecule has 0 bridgehead atoms. The molecule has 0 saturated carbocycles. The summed E-state index contributed by atoms with van der Waals surface area (Å²) < 4.78 is 38.1. The third-order valence-corrected chi connectivity index (χ3v) is 5.24. The Hall–Kier alpha value is -3.65. The van der Waals surface area contributed by atoms with E-state index in [0.717, 1.165) is 5.56 Å². The number of nitrogens with zero attached hydrogens (tertiary/aromatic N) is 5. The van der Waals surface area contributed by atoms with Crippen LogP contribution in [0.15, 0.2) is 24.3 Å². The first-order valence-electron chi connectivity index (χ1n) is 10.1. The maximum absolute atomic E-state index is 12.7. The third-order valence-electron chi connectivity index (χ3n) is 5.03. The monoisotopic (exact) mass is 492 g/mol. The van der Waals surface area contributed by atoms with Crippen molar-refractivity contribution in [3.05, 3.63) is 51.9 Å². The van der Waals surface area contributed by atoms with Crippen LogP contribution in [0.25, 0.3) is 11.0 Å². The second kappa shape index (κ2) is 9.69. The molecule has 0 unspecified atom stereocenters. The van der Waals surface area contributed by atoms with E-state index >= 15 is 0 Å². The molecule has 0 aliphatic carbocycles. The van der Waals surface area contributed by atoms with Gasteiger partial charge in [-0.15, -0.1) is 0 Å². The molecular formula is C22H20ClF3N6O2. The highest BCUT2D eigenvalue weighted by atomic mass is 35.5. The number of aromatic nitrogens is 3. The number of pyridine rings is 1. The number of benzene rings is 1. The van der Waals surface area contributed by atoms with Crippen molar-refractivity contribution in [1.82, 2.24) is 15.0 Å². The maximum atomic E-state index is 12.7. The van der Waals surface area contributed by atoms with Crippen LogP contribution in [0.5, 0.6) is 0 Å².